The number of rotatable bonds is 5. The van der Waals surface area contributed by atoms with E-state index >= 15 is 0 Å². The van der Waals surface area contributed by atoms with E-state index in [1.807, 2.05) is 0 Å². The van der Waals surface area contributed by atoms with Crippen molar-refractivity contribution in [2.75, 3.05) is 6.26 Å². The van der Waals surface area contributed by atoms with Crippen LogP contribution in [0.15, 0.2) is 11.4 Å². The number of hydrogen-bond acceptors (Lipinski definition) is 4. The van der Waals surface area contributed by atoms with Crippen LogP contribution >= 0.6 is 0 Å². The van der Waals surface area contributed by atoms with Gasteiger partial charge in [0.05, 0.1) is 18.5 Å². The molecule has 0 amide bonds. The third kappa shape index (κ3) is 3.05. The standard InChI is InChI=1S/C10H18N2O3S/c1-8(2)4-5-12-9(7-13)6-11-10(12)16(3,14)15/h6,8,13H,4-5,7H2,1-3H3. The van der Waals surface area contributed by atoms with Crippen LogP contribution in [-0.4, -0.2) is 29.3 Å². The summed E-state index contributed by atoms with van der Waals surface area (Å²) in [6, 6.07) is 0. The van der Waals surface area contributed by atoms with Gasteiger partial charge in [-0.25, -0.2) is 13.4 Å². The summed E-state index contributed by atoms with van der Waals surface area (Å²) in [4.78, 5) is 3.85. The van der Waals surface area contributed by atoms with Gasteiger partial charge >= 0.3 is 0 Å². The fraction of sp³-hybridized carbons (Fsp3) is 0.700. The molecule has 0 unspecified atom stereocenters. The van der Waals surface area contributed by atoms with Crippen molar-refractivity contribution < 1.29 is 13.5 Å². The Morgan fingerprint density at radius 3 is 2.56 bits per heavy atom. The largest absolute Gasteiger partial charge is 0.390 e. The normalized spacial score (nSPS) is 12.3. The zero-order valence-corrected chi connectivity index (χ0v) is 10.7. The number of hydrogen-bond donors (Lipinski definition) is 1. The molecule has 0 atom stereocenters. The lowest BCUT2D eigenvalue weighted by Crippen LogP contribution is -2.13. The first kappa shape index (κ1) is 13.2. The van der Waals surface area contributed by atoms with Crippen LogP contribution in [0.2, 0.25) is 0 Å². The first-order valence-electron chi connectivity index (χ1n) is 5.21. The number of nitrogens with zero attached hydrogens (tertiary/aromatic N) is 2. The van der Waals surface area contributed by atoms with E-state index in [-0.39, 0.29) is 11.8 Å². The van der Waals surface area contributed by atoms with Crippen LogP contribution in [0.1, 0.15) is 26.0 Å². The highest BCUT2D eigenvalue weighted by Crippen LogP contribution is 2.14. The fourth-order valence-corrected chi connectivity index (χ4v) is 2.29. The predicted molar refractivity (Wildman–Crippen MR) is 60.7 cm³/mol. The molecule has 1 aromatic rings. The van der Waals surface area contributed by atoms with Crippen molar-refractivity contribution in [3.63, 3.8) is 0 Å². The maximum atomic E-state index is 11.5. The molecule has 0 aromatic carbocycles. The smallest absolute Gasteiger partial charge is 0.227 e. The van der Waals surface area contributed by atoms with Gasteiger partial charge in [0.1, 0.15) is 0 Å². The third-order valence-corrected chi connectivity index (χ3v) is 3.31. The third-order valence-electron chi connectivity index (χ3n) is 2.33. The minimum atomic E-state index is -3.33. The van der Waals surface area contributed by atoms with Gasteiger partial charge in [-0.3, -0.25) is 0 Å². The summed E-state index contributed by atoms with van der Waals surface area (Å²) in [5.41, 5.74) is 0.543. The average Bonchev–Trinajstić information content (AvgIpc) is 2.56. The van der Waals surface area contributed by atoms with Crippen molar-refractivity contribution in [2.45, 2.75) is 38.6 Å². The summed E-state index contributed by atoms with van der Waals surface area (Å²) >= 11 is 0. The maximum Gasteiger partial charge on any atom is 0.227 e. The van der Waals surface area contributed by atoms with Crippen molar-refractivity contribution in [1.29, 1.82) is 0 Å². The number of aliphatic hydroxyl groups is 1. The molecule has 0 radical (unpaired) electrons. The topological polar surface area (TPSA) is 72.2 Å². The fourth-order valence-electron chi connectivity index (χ4n) is 1.44. The van der Waals surface area contributed by atoms with Crippen molar-refractivity contribution in [2.24, 2.45) is 5.92 Å². The monoisotopic (exact) mass is 246 g/mol. The highest BCUT2D eigenvalue weighted by atomic mass is 32.2. The van der Waals surface area contributed by atoms with Gasteiger partial charge in [0.2, 0.25) is 15.0 Å². The van der Waals surface area contributed by atoms with Gasteiger partial charge in [-0.1, -0.05) is 13.8 Å². The molecule has 0 aliphatic carbocycles. The average molecular weight is 246 g/mol. The summed E-state index contributed by atoms with van der Waals surface area (Å²) in [6.07, 6.45) is 3.39. The van der Waals surface area contributed by atoms with Crippen molar-refractivity contribution in [3.8, 4) is 0 Å². The molecule has 1 N–H and O–H groups in total. The second kappa shape index (κ2) is 4.97. The Kier molecular flexibility index (Phi) is 4.09. The van der Waals surface area contributed by atoms with Crippen molar-refractivity contribution in [3.05, 3.63) is 11.9 Å². The summed E-state index contributed by atoms with van der Waals surface area (Å²) in [5.74, 6) is 0.473. The van der Waals surface area contributed by atoms with Gasteiger partial charge in [-0.05, 0) is 12.3 Å². The molecule has 0 bridgehead atoms. The lowest BCUT2D eigenvalue weighted by atomic mass is 10.1. The molecule has 0 aliphatic heterocycles. The van der Waals surface area contributed by atoms with Gasteiger partial charge in [-0.15, -0.1) is 0 Å². The van der Waals surface area contributed by atoms with E-state index in [1.165, 1.54) is 6.20 Å². The summed E-state index contributed by atoms with van der Waals surface area (Å²) in [6.45, 7) is 4.50. The Morgan fingerprint density at radius 2 is 2.12 bits per heavy atom. The van der Waals surface area contributed by atoms with Crippen molar-refractivity contribution >= 4 is 9.84 Å². The van der Waals surface area contributed by atoms with Gasteiger partial charge in [-0.2, -0.15) is 0 Å². The van der Waals surface area contributed by atoms with E-state index in [0.717, 1.165) is 12.7 Å². The molecule has 92 valence electrons. The maximum absolute atomic E-state index is 11.5. The molecule has 0 saturated heterocycles. The zero-order valence-electron chi connectivity index (χ0n) is 9.84. The molecule has 0 saturated carbocycles. The quantitative estimate of drug-likeness (QED) is 0.835. The van der Waals surface area contributed by atoms with E-state index < -0.39 is 9.84 Å². The molecule has 0 fully saturated rings. The Bertz CT molecular complexity index is 449. The van der Waals surface area contributed by atoms with Gasteiger partial charge in [0, 0.05) is 12.8 Å². The zero-order chi connectivity index (χ0) is 12.3. The number of imidazole rings is 1. The highest BCUT2D eigenvalue weighted by molar-refractivity contribution is 7.90. The molecule has 6 heteroatoms. The van der Waals surface area contributed by atoms with Crippen LogP contribution in [0.3, 0.4) is 0 Å². The van der Waals surface area contributed by atoms with Crippen LogP contribution in [-0.2, 0) is 23.0 Å². The van der Waals surface area contributed by atoms with Gasteiger partial charge in [0.15, 0.2) is 0 Å². The molecular formula is C10H18N2O3S. The molecule has 1 rings (SSSR count). The minimum absolute atomic E-state index is 0.0391. The minimum Gasteiger partial charge on any atom is -0.390 e. The highest BCUT2D eigenvalue weighted by Gasteiger charge is 2.18. The summed E-state index contributed by atoms with van der Waals surface area (Å²) in [7, 11) is -3.33. The molecule has 16 heavy (non-hydrogen) atoms. The summed E-state index contributed by atoms with van der Waals surface area (Å²) in [5, 5.41) is 9.15. The Hall–Kier alpha value is -0.880. The predicted octanol–water partition coefficient (Wildman–Crippen LogP) is 0.825. The van der Waals surface area contributed by atoms with E-state index in [2.05, 4.69) is 18.8 Å². The van der Waals surface area contributed by atoms with E-state index in [0.29, 0.717) is 18.2 Å². The van der Waals surface area contributed by atoms with Gasteiger partial charge in [0.25, 0.3) is 0 Å². The number of aromatic nitrogens is 2. The molecule has 0 spiro atoms. The molecule has 0 aliphatic rings. The van der Waals surface area contributed by atoms with Crippen LogP contribution in [0.4, 0.5) is 0 Å². The molecule has 1 heterocycles. The first-order valence-corrected chi connectivity index (χ1v) is 7.10. The Labute approximate surface area is 96.0 Å². The number of aliphatic hydroxyl groups excluding tert-OH is 1. The van der Waals surface area contributed by atoms with Crippen LogP contribution < -0.4 is 0 Å². The summed E-state index contributed by atoms with van der Waals surface area (Å²) < 4.78 is 24.5. The second-order valence-electron chi connectivity index (χ2n) is 4.30. The molecule has 1 aromatic heterocycles. The Balaban J connectivity index is 3.07. The van der Waals surface area contributed by atoms with Crippen LogP contribution in [0.25, 0.3) is 0 Å². The van der Waals surface area contributed by atoms with Crippen molar-refractivity contribution in [1.82, 2.24) is 9.55 Å². The second-order valence-corrected chi connectivity index (χ2v) is 6.21. The molecular weight excluding hydrogens is 228 g/mol. The van der Waals surface area contributed by atoms with E-state index in [1.54, 1.807) is 4.57 Å². The van der Waals surface area contributed by atoms with E-state index in [4.69, 9.17) is 5.11 Å². The van der Waals surface area contributed by atoms with Gasteiger partial charge < -0.3 is 9.67 Å². The Morgan fingerprint density at radius 1 is 1.50 bits per heavy atom. The lowest BCUT2D eigenvalue weighted by Gasteiger charge is -2.11. The van der Waals surface area contributed by atoms with E-state index in [9.17, 15) is 8.42 Å². The van der Waals surface area contributed by atoms with Crippen LogP contribution in [0.5, 0.6) is 0 Å². The lowest BCUT2D eigenvalue weighted by molar-refractivity contribution is 0.267. The SMILES string of the molecule is CC(C)CCn1c(CO)cnc1S(C)(=O)=O. The first-order chi connectivity index (χ1) is 7.36. The number of sulfone groups is 1. The molecule has 5 nitrogen and oxygen atoms in total. The van der Waals surface area contributed by atoms with Crippen LogP contribution in [0, 0.1) is 5.92 Å².